The van der Waals surface area contributed by atoms with Gasteiger partial charge in [0.15, 0.2) is 0 Å². The lowest BCUT2D eigenvalue weighted by Crippen LogP contribution is -2.28. The van der Waals surface area contributed by atoms with Gasteiger partial charge in [-0.05, 0) is 25.1 Å². The van der Waals surface area contributed by atoms with Gasteiger partial charge < -0.3 is 19.6 Å². The van der Waals surface area contributed by atoms with Gasteiger partial charge >= 0.3 is 0 Å². The molecule has 0 saturated carbocycles. The van der Waals surface area contributed by atoms with Crippen molar-refractivity contribution in [1.29, 1.82) is 0 Å². The monoisotopic (exact) mass is 313 g/mol. The lowest BCUT2D eigenvalue weighted by Gasteiger charge is -2.12. The van der Waals surface area contributed by atoms with Crippen LogP contribution in [0.4, 0.5) is 0 Å². The second kappa shape index (κ2) is 6.40. The van der Waals surface area contributed by atoms with Crippen LogP contribution >= 0.6 is 0 Å². The Bertz CT molecular complexity index is 901. The maximum absolute atomic E-state index is 12.7. The maximum Gasteiger partial charge on any atom is 0.200 e. The number of hydrogen-bond acceptors (Lipinski definition) is 5. The molecule has 2 aromatic carbocycles. The Morgan fingerprint density at radius 1 is 1.26 bits per heavy atom. The summed E-state index contributed by atoms with van der Waals surface area (Å²) in [5, 5.41) is 13.4. The lowest BCUT2D eigenvalue weighted by atomic mass is 10.1. The highest BCUT2D eigenvalue weighted by Crippen LogP contribution is 2.24. The van der Waals surface area contributed by atoms with E-state index in [0.29, 0.717) is 34.2 Å². The van der Waals surface area contributed by atoms with Crippen LogP contribution < -0.4 is 15.5 Å². The first kappa shape index (κ1) is 15.5. The number of methoxy groups -OCH3 is 1. The van der Waals surface area contributed by atoms with Crippen LogP contribution in [0.5, 0.6) is 5.75 Å². The smallest absolute Gasteiger partial charge is 0.200 e. The largest absolute Gasteiger partial charge is 0.497 e. The van der Waals surface area contributed by atoms with Gasteiger partial charge in [0, 0.05) is 24.2 Å². The molecule has 3 rings (SSSR count). The Hall–Kier alpha value is -2.37. The van der Waals surface area contributed by atoms with Crippen molar-refractivity contribution in [3.8, 4) is 5.75 Å². The van der Waals surface area contributed by atoms with Crippen LogP contribution in [0, 0.1) is 0 Å². The molecule has 2 N–H and O–H groups in total. The van der Waals surface area contributed by atoms with Crippen LogP contribution in [0.15, 0.2) is 45.6 Å². The van der Waals surface area contributed by atoms with Gasteiger partial charge in [-0.3, -0.25) is 4.79 Å². The second-order valence-corrected chi connectivity index (χ2v) is 5.55. The van der Waals surface area contributed by atoms with Crippen molar-refractivity contribution < 1.29 is 14.3 Å². The molecular formula is C18H19NO4. The summed E-state index contributed by atoms with van der Waals surface area (Å²) in [7, 11) is 1.58. The third kappa shape index (κ3) is 2.93. The van der Waals surface area contributed by atoms with E-state index >= 15 is 0 Å². The average molecular weight is 313 g/mol. The van der Waals surface area contributed by atoms with E-state index in [1.165, 1.54) is 0 Å². The molecule has 0 radical (unpaired) electrons. The predicted octanol–water partition coefficient (Wildman–Crippen LogP) is 2.43. The number of ether oxygens (including phenoxy) is 1. The molecule has 0 spiro atoms. The number of benzene rings is 2. The van der Waals surface area contributed by atoms with Crippen LogP contribution in [0.3, 0.4) is 0 Å². The van der Waals surface area contributed by atoms with Crippen LogP contribution in [0.1, 0.15) is 12.5 Å². The average Bonchev–Trinajstić information content (AvgIpc) is 2.59. The number of para-hydroxylation sites is 1. The molecule has 0 aliphatic heterocycles. The number of hydrogen-bond donors (Lipinski definition) is 2. The Labute approximate surface area is 133 Å². The van der Waals surface area contributed by atoms with Crippen LogP contribution in [-0.2, 0) is 6.54 Å². The lowest BCUT2D eigenvalue weighted by molar-refractivity contribution is 0.251. The summed E-state index contributed by atoms with van der Waals surface area (Å²) < 4.78 is 11.2. The number of aliphatic hydroxyl groups excluding tert-OH is 1. The SMILES string of the molecule is COc1ccc2c(=O)c3cccc(CNC(C)CO)c3oc2c1. The molecule has 0 aliphatic carbocycles. The first-order chi connectivity index (χ1) is 11.1. The highest BCUT2D eigenvalue weighted by atomic mass is 16.5. The molecule has 1 aromatic heterocycles. The first-order valence-corrected chi connectivity index (χ1v) is 7.50. The van der Waals surface area contributed by atoms with E-state index in [9.17, 15) is 4.79 Å². The van der Waals surface area contributed by atoms with E-state index in [1.54, 1.807) is 31.4 Å². The quantitative estimate of drug-likeness (QED) is 0.708. The predicted molar refractivity (Wildman–Crippen MR) is 89.9 cm³/mol. The molecule has 0 fully saturated rings. The van der Waals surface area contributed by atoms with Crippen molar-refractivity contribution in [1.82, 2.24) is 5.32 Å². The van der Waals surface area contributed by atoms with Crippen molar-refractivity contribution in [3.63, 3.8) is 0 Å². The highest BCUT2D eigenvalue weighted by molar-refractivity contribution is 5.91. The second-order valence-electron chi connectivity index (χ2n) is 5.55. The minimum absolute atomic E-state index is 0.0301. The van der Waals surface area contributed by atoms with E-state index in [2.05, 4.69) is 5.32 Å². The van der Waals surface area contributed by atoms with E-state index in [0.717, 1.165) is 5.56 Å². The van der Waals surface area contributed by atoms with Crippen molar-refractivity contribution in [3.05, 3.63) is 52.2 Å². The minimum Gasteiger partial charge on any atom is -0.497 e. The molecule has 0 bridgehead atoms. The molecule has 5 heteroatoms. The Kier molecular flexibility index (Phi) is 4.32. The molecule has 23 heavy (non-hydrogen) atoms. The molecule has 0 saturated heterocycles. The van der Waals surface area contributed by atoms with E-state index in [4.69, 9.17) is 14.3 Å². The van der Waals surface area contributed by atoms with Crippen molar-refractivity contribution in [2.75, 3.05) is 13.7 Å². The molecule has 0 aliphatic rings. The van der Waals surface area contributed by atoms with Gasteiger partial charge in [-0.2, -0.15) is 0 Å². The molecular weight excluding hydrogens is 294 g/mol. The van der Waals surface area contributed by atoms with E-state index in [1.807, 2.05) is 19.1 Å². The maximum atomic E-state index is 12.7. The Morgan fingerprint density at radius 3 is 2.83 bits per heavy atom. The molecule has 1 heterocycles. The molecule has 120 valence electrons. The summed E-state index contributed by atoms with van der Waals surface area (Å²) in [6.07, 6.45) is 0. The van der Waals surface area contributed by atoms with Gasteiger partial charge in [0.25, 0.3) is 0 Å². The fourth-order valence-corrected chi connectivity index (χ4v) is 2.53. The standard InChI is InChI=1S/C18H19NO4/c1-11(10-20)19-9-12-4-3-5-15-17(21)14-7-6-13(22-2)8-16(14)23-18(12)15/h3-8,11,19-20H,9-10H2,1-2H3. The van der Waals surface area contributed by atoms with Crippen molar-refractivity contribution in [2.45, 2.75) is 19.5 Å². The molecule has 1 atom stereocenters. The summed E-state index contributed by atoms with van der Waals surface area (Å²) >= 11 is 0. The van der Waals surface area contributed by atoms with Gasteiger partial charge in [0.1, 0.15) is 16.9 Å². The number of rotatable bonds is 5. The van der Waals surface area contributed by atoms with E-state index in [-0.39, 0.29) is 18.1 Å². The molecule has 0 amide bonds. The summed E-state index contributed by atoms with van der Waals surface area (Å²) in [4.78, 5) is 12.7. The van der Waals surface area contributed by atoms with E-state index < -0.39 is 0 Å². The van der Waals surface area contributed by atoms with Crippen LogP contribution in [-0.4, -0.2) is 24.9 Å². The van der Waals surface area contributed by atoms with Crippen LogP contribution in [0.2, 0.25) is 0 Å². The Morgan fingerprint density at radius 2 is 2.09 bits per heavy atom. The van der Waals surface area contributed by atoms with Gasteiger partial charge in [-0.15, -0.1) is 0 Å². The molecule has 5 nitrogen and oxygen atoms in total. The number of aliphatic hydroxyl groups is 1. The van der Waals surface area contributed by atoms with Gasteiger partial charge in [-0.1, -0.05) is 12.1 Å². The number of fused-ring (bicyclic) bond motifs is 2. The summed E-state index contributed by atoms with van der Waals surface area (Å²) in [5.41, 5.74) is 1.89. The minimum atomic E-state index is -0.0547. The van der Waals surface area contributed by atoms with Gasteiger partial charge in [0.05, 0.1) is 24.5 Å². The zero-order valence-electron chi connectivity index (χ0n) is 13.1. The fraction of sp³-hybridized carbons (Fsp3) is 0.278. The third-order valence-electron chi connectivity index (χ3n) is 3.90. The fourth-order valence-electron chi connectivity index (χ4n) is 2.53. The topological polar surface area (TPSA) is 71.7 Å². The molecule has 3 aromatic rings. The zero-order chi connectivity index (χ0) is 16.4. The summed E-state index contributed by atoms with van der Waals surface area (Å²) in [6, 6.07) is 10.7. The van der Waals surface area contributed by atoms with Crippen molar-refractivity contribution in [2.24, 2.45) is 0 Å². The van der Waals surface area contributed by atoms with Gasteiger partial charge in [-0.25, -0.2) is 0 Å². The summed E-state index contributed by atoms with van der Waals surface area (Å²) in [6.45, 7) is 2.45. The van der Waals surface area contributed by atoms with Crippen LogP contribution in [0.25, 0.3) is 21.9 Å². The van der Waals surface area contributed by atoms with Crippen molar-refractivity contribution >= 4 is 21.9 Å². The summed E-state index contributed by atoms with van der Waals surface area (Å²) in [5.74, 6) is 0.643. The van der Waals surface area contributed by atoms with Gasteiger partial charge in [0.2, 0.25) is 5.43 Å². The normalized spacial score (nSPS) is 12.7. The highest BCUT2D eigenvalue weighted by Gasteiger charge is 2.12. The first-order valence-electron chi connectivity index (χ1n) is 7.50. The third-order valence-corrected chi connectivity index (χ3v) is 3.90. The zero-order valence-corrected chi connectivity index (χ0v) is 13.1. The number of nitrogens with one attached hydrogen (secondary N) is 1. The Balaban J connectivity index is 2.17. The molecule has 1 unspecified atom stereocenters.